The van der Waals surface area contributed by atoms with Crippen LogP contribution in [0.25, 0.3) is 10.2 Å². The largest absolute Gasteiger partial charge is 0.486 e. The topological polar surface area (TPSA) is 82.5 Å². The zero-order valence-electron chi connectivity index (χ0n) is 14.1. The molecule has 1 amide bonds. The maximum atomic E-state index is 12.8. The second-order valence-electron chi connectivity index (χ2n) is 5.91. The number of aromatic nitrogens is 2. The van der Waals surface area contributed by atoms with Crippen molar-refractivity contribution in [1.29, 1.82) is 0 Å². The Labute approximate surface area is 159 Å². The predicted molar refractivity (Wildman–Crippen MR) is 94.9 cm³/mol. The van der Waals surface area contributed by atoms with E-state index in [1.165, 1.54) is 11.3 Å². The summed E-state index contributed by atoms with van der Waals surface area (Å²) in [5.74, 6) is 0.464. The fourth-order valence-electron chi connectivity index (χ4n) is 2.65. The van der Waals surface area contributed by atoms with E-state index in [1.54, 1.807) is 12.1 Å². The first-order valence-corrected chi connectivity index (χ1v) is 8.89. The molecule has 0 unspecified atom stereocenters. The van der Waals surface area contributed by atoms with Gasteiger partial charge in [0.15, 0.2) is 16.6 Å². The van der Waals surface area contributed by atoms with E-state index in [1.807, 2.05) is 0 Å². The molecule has 0 bridgehead atoms. The van der Waals surface area contributed by atoms with Gasteiger partial charge in [-0.2, -0.15) is 13.2 Å². The second kappa shape index (κ2) is 6.82. The zero-order valence-corrected chi connectivity index (χ0v) is 14.9. The normalized spacial score (nSPS) is 13.5. The molecule has 11 heteroatoms. The summed E-state index contributed by atoms with van der Waals surface area (Å²) >= 11 is 1.17. The second-order valence-corrected chi connectivity index (χ2v) is 6.94. The van der Waals surface area contributed by atoms with E-state index in [9.17, 15) is 22.8 Å². The van der Waals surface area contributed by atoms with Gasteiger partial charge >= 0.3 is 6.18 Å². The van der Waals surface area contributed by atoms with Gasteiger partial charge in [-0.1, -0.05) is 11.3 Å². The first-order valence-electron chi connectivity index (χ1n) is 8.07. The number of nitrogens with one attached hydrogen (secondary N) is 1. The Morgan fingerprint density at radius 3 is 2.64 bits per heavy atom. The summed E-state index contributed by atoms with van der Waals surface area (Å²) in [7, 11) is 0. The molecule has 1 aliphatic heterocycles. The summed E-state index contributed by atoms with van der Waals surface area (Å²) in [6.07, 6.45) is -3.99. The van der Waals surface area contributed by atoms with Crippen molar-refractivity contribution in [3.8, 4) is 11.5 Å². The number of thiazole rings is 1. The number of benzene rings is 1. The molecule has 0 saturated heterocycles. The fraction of sp³-hybridized carbons (Fsp3) is 0.235. The van der Waals surface area contributed by atoms with Gasteiger partial charge in [-0.3, -0.25) is 9.59 Å². The Morgan fingerprint density at radius 2 is 1.93 bits per heavy atom. The number of pyridine rings is 1. The Hall–Kier alpha value is -3.08. The number of hydrogen-bond donors (Lipinski definition) is 1. The third-order valence-corrected chi connectivity index (χ3v) is 4.86. The molecule has 0 saturated carbocycles. The van der Waals surface area contributed by atoms with E-state index in [-0.39, 0.29) is 5.13 Å². The van der Waals surface area contributed by atoms with Gasteiger partial charge in [-0.15, -0.1) is 0 Å². The van der Waals surface area contributed by atoms with E-state index in [0.717, 1.165) is 10.8 Å². The number of carbonyl (C=O) groups is 1. The SMILES string of the molecule is O=C(Cn1cc(C(F)(F)F)ccc1=O)Nc1nc2cc3c(cc2s1)OCCO3. The Balaban J connectivity index is 1.53. The van der Waals surface area contributed by atoms with Crippen LogP contribution in [0, 0.1) is 0 Å². The summed E-state index contributed by atoms with van der Waals surface area (Å²) in [5.41, 5.74) is -1.14. The van der Waals surface area contributed by atoms with E-state index < -0.39 is 29.8 Å². The summed E-state index contributed by atoms with van der Waals surface area (Å²) in [4.78, 5) is 28.2. The van der Waals surface area contributed by atoms with Gasteiger partial charge in [0.2, 0.25) is 5.91 Å². The highest BCUT2D eigenvalue weighted by molar-refractivity contribution is 7.22. The first kappa shape index (κ1) is 18.3. The molecular weight excluding hydrogens is 399 g/mol. The summed E-state index contributed by atoms with van der Waals surface area (Å²) in [6.45, 7) is 0.298. The van der Waals surface area contributed by atoms with Crippen molar-refractivity contribution < 1.29 is 27.4 Å². The van der Waals surface area contributed by atoms with Crippen LogP contribution >= 0.6 is 11.3 Å². The molecule has 1 aliphatic rings. The molecule has 146 valence electrons. The van der Waals surface area contributed by atoms with Gasteiger partial charge in [0.05, 0.1) is 15.8 Å². The maximum Gasteiger partial charge on any atom is 0.417 e. The first-order chi connectivity index (χ1) is 13.3. The Kier molecular flexibility index (Phi) is 4.46. The van der Waals surface area contributed by atoms with Crippen molar-refractivity contribution in [3.63, 3.8) is 0 Å². The van der Waals surface area contributed by atoms with Crippen molar-refractivity contribution >= 4 is 32.6 Å². The smallest absolute Gasteiger partial charge is 0.417 e. The van der Waals surface area contributed by atoms with Crippen LogP contribution < -0.4 is 20.3 Å². The van der Waals surface area contributed by atoms with Crippen molar-refractivity contribution in [2.24, 2.45) is 0 Å². The van der Waals surface area contributed by atoms with Crippen LogP contribution in [0.3, 0.4) is 0 Å². The van der Waals surface area contributed by atoms with Gasteiger partial charge in [-0.05, 0) is 6.07 Å². The van der Waals surface area contributed by atoms with E-state index >= 15 is 0 Å². The minimum absolute atomic E-state index is 0.252. The number of fused-ring (bicyclic) bond motifs is 2. The van der Waals surface area contributed by atoms with Crippen molar-refractivity contribution in [3.05, 3.63) is 46.4 Å². The number of nitrogens with zero attached hydrogens (tertiary/aromatic N) is 2. The van der Waals surface area contributed by atoms with E-state index in [4.69, 9.17) is 9.47 Å². The molecule has 2 aromatic heterocycles. The average molecular weight is 411 g/mol. The minimum atomic E-state index is -4.61. The molecule has 1 N–H and O–H groups in total. The average Bonchev–Trinajstić information content (AvgIpc) is 3.01. The molecule has 1 aromatic carbocycles. The van der Waals surface area contributed by atoms with Gasteiger partial charge in [0.1, 0.15) is 19.8 Å². The monoisotopic (exact) mass is 411 g/mol. The van der Waals surface area contributed by atoms with Gasteiger partial charge in [-0.25, -0.2) is 4.98 Å². The fourth-order valence-corrected chi connectivity index (χ4v) is 3.55. The maximum absolute atomic E-state index is 12.8. The molecule has 3 heterocycles. The predicted octanol–water partition coefficient (Wildman–Crippen LogP) is 2.89. The van der Waals surface area contributed by atoms with Crippen molar-refractivity contribution in [2.75, 3.05) is 18.5 Å². The number of alkyl halides is 3. The molecular formula is C17H12F3N3O4S. The highest BCUT2D eigenvalue weighted by Crippen LogP contribution is 2.37. The zero-order chi connectivity index (χ0) is 19.9. The summed E-state index contributed by atoms with van der Waals surface area (Å²) in [5, 5.41) is 2.75. The Morgan fingerprint density at radius 1 is 1.21 bits per heavy atom. The molecule has 0 spiro atoms. The number of amides is 1. The highest BCUT2D eigenvalue weighted by Gasteiger charge is 2.31. The number of ether oxygens (including phenoxy) is 2. The summed E-state index contributed by atoms with van der Waals surface area (Å²) < 4.78 is 50.8. The number of anilines is 1. The molecule has 4 rings (SSSR count). The molecule has 0 fully saturated rings. The number of carbonyl (C=O) groups excluding carboxylic acids is 1. The number of rotatable bonds is 3. The standard InChI is InChI=1S/C17H12F3N3O4S/c18-17(19,20)9-1-2-15(25)23(7-9)8-14(24)22-16-21-10-5-11-12(6-13(10)28-16)27-4-3-26-11/h1-2,5-7H,3-4,8H2,(H,21,22,24). The van der Waals surface area contributed by atoms with Crippen LogP contribution in [0.5, 0.6) is 11.5 Å². The van der Waals surface area contributed by atoms with Crippen LogP contribution in [0.2, 0.25) is 0 Å². The summed E-state index contributed by atoms with van der Waals surface area (Å²) in [6, 6.07) is 4.89. The van der Waals surface area contributed by atoms with Crippen molar-refractivity contribution in [2.45, 2.75) is 12.7 Å². The number of halogens is 3. The third kappa shape index (κ3) is 3.65. The molecule has 0 radical (unpaired) electrons. The van der Waals surface area contributed by atoms with Crippen LogP contribution in [-0.4, -0.2) is 28.7 Å². The van der Waals surface area contributed by atoms with E-state index in [2.05, 4.69) is 10.3 Å². The third-order valence-electron chi connectivity index (χ3n) is 3.92. The van der Waals surface area contributed by atoms with E-state index in [0.29, 0.717) is 47.1 Å². The molecule has 3 aromatic rings. The Bertz CT molecular complexity index is 1080. The van der Waals surface area contributed by atoms with Crippen LogP contribution in [0.15, 0.2) is 35.3 Å². The van der Waals surface area contributed by atoms with Gasteiger partial charge in [0.25, 0.3) is 5.56 Å². The molecule has 7 nitrogen and oxygen atoms in total. The molecule has 0 atom stereocenters. The highest BCUT2D eigenvalue weighted by atomic mass is 32.1. The number of hydrogen-bond acceptors (Lipinski definition) is 6. The van der Waals surface area contributed by atoms with Crippen LogP contribution in [0.1, 0.15) is 5.56 Å². The lowest BCUT2D eigenvalue weighted by atomic mass is 10.3. The van der Waals surface area contributed by atoms with Crippen LogP contribution in [0.4, 0.5) is 18.3 Å². The lowest BCUT2D eigenvalue weighted by Gasteiger charge is -2.17. The quantitative estimate of drug-likeness (QED) is 0.717. The van der Waals surface area contributed by atoms with Crippen molar-refractivity contribution in [1.82, 2.24) is 9.55 Å². The minimum Gasteiger partial charge on any atom is -0.486 e. The van der Waals surface area contributed by atoms with Crippen LogP contribution in [-0.2, 0) is 17.5 Å². The molecule has 0 aliphatic carbocycles. The lowest BCUT2D eigenvalue weighted by Crippen LogP contribution is -2.28. The van der Waals surface area contributed by atoms with Gasteiger partial charge < -0.3 is 19.4 Å². The lowest BCUT2D eigenvalue weighted by molar-refractivity contribution is -0.138. The van der Waals surface area contributed by atoms with Gasteiger partial charge in [0, 0.05) is 24.4 Å². The molecule has 28 heavy (non-hydrogen) atoms.